The van der Waals surface area contributed by atoms with Crippen molar-refractivity contribution in [1.29, 1.82) is 0 Å². The predicted octanol–water partition coefficient (Wildman–Crippen LogP) is -0.219. The minimum absolute atomic E-state index is 0.113. The van der Waals surface area contributed by atoms with E-state index in [-0.39, 0.29) is 22.7 Å². The van der Waals surface area contributed by atoms with Crippen molar-refractivity contribution in [2.24, 2.45) is 0 Å². The van der Waals surface area contributed by atoms with Gasteiger partial charge in [-0.2, -0.15) is 0 Å². The normalized spacial score (nSPS) is 23.2. The van der Waals surface area contributed by atoms with Crippen LogP contribution in [0.2, 0.25) is 0 Å². The molecule has 3 aromatic rings. The van der Waals surface area contributed by atoms with Crippen LogP contribution >= 0.6 is 0 Å². The number of esters is 1. The van der Waals surface area contributed by atoms with E-state index in [4.69, 9.17) is 23.7 Å². The third kappa shape index (κ3) is 5.33. The van der Waals surface area contributed by atoms with Crippen LogP contribution in [0.5, 0.6) is 23.0 Å². The van der Waals surface area contributed by atoms with Gasteiger partial charge in [0, 0.05) is 17.7 Å². The summed E-state index contributed by atoms with van der Waals surface area (Å²) in [5, 5.41) is 69.0. The average molecular weight is 534 g/mol. The molecule has 1 saturated heterocycles. The number of fused-ring (bicyclic) bond motifs is 1. The Morgan fingerprint density at radius 3 is 2.26 bits per heavy atom. The van der Waals surface area contributed by atoms with Gasteiger partial charge in [0.1, 0.15) is 65.7 Å². The number of benzene rings is 2. The zero-order valence-corrected chi connectivity index (χ0v) is 19.3. The van der Waals surface area contributed by atoms with E-state index in [0.717, 1.165) is 12.1 Å². The molecule has 7 N–H and O–H groups in total. The molecule has 38 heavy (non-hydrogen) atoms. The lowest BCUT2D eigenvalue weighted by Gasteiger charge is -2.39. The van der Waals surface area contributed by atoms with Crippen LogP contribution in [0.25, 0.3) is 22.3 Å². The molecule has 0 radical (unpaired) electrons. The number of hydrogen-bond acceptors (Lipinski definition) is 13. The molecule has 5 atom stereocenters. The van der Waals surface area contributed by atoms with E-state index >= 15 is 0 Å². The van der Waals surface area contributed by atoms with E-state index in [1.807, 2.05) is 0 Å². The first-order valence-corrected chi connectivity index (χ1v) is 11.0. The highest BCUT2D eigenvalue weighted by Crippen LogP contribution is 2.37. The Hall–Kier alpha value is -4.37. The average Bonchev–Trinajstić information content (AvgIpc) is 2.84. The second kappa shape index (κ2) is 10.5. The minimum Gasteiger partial charge on any atom is -0.508 e. The molecule has 1 aromatic heterocycles. The summed E-state index contributed by atoms with van der Waals surface area (Å²) in [5.74, 6) is -4.68. The minimum atomic E-state index is -1.94. The number of aliphatic hydroxyl groups is 3. The number of ether oxygens (including phenoxy) is 3. The summed E-state index contributed by atoms with van der Waals surface area (Å²) in [5.41, 5.74) is -1.01. The number of carboxylic acids is 1. The lowest BCUT2D eigenvalue weighted by molar-refractivity contribution is -0.278. The molecular weight excluding hydrogens is 512 g/mol. The lowest BCUT2D eigenvalue weighted by Crippen LogP contribution is -2.60. The predicted molar refractivity (Wildman–Crippen MR) is 123 cm³/mol. The number of aliphatic hydroxyl groups excluding tert-OH is 3. The first-order chi connectivity index (χ1) is 18.0. The highest BCUT2D eigenvalue weighted by atomic mass is 16.7. The van der Waals surface area contributed by atoms with Crippen molar-refractivity contribution < 1.29 is 64.0 Å². The highest BCUT2D eigenvalue weighted by Gasteiger charge is 2.46. The Bertz CT molecular complexity index is 1410. The number of aliphatic carboxylic acids is 1. The Balaban J connectivity index is 1.73. The Kier molecular flexibility index (Phi) is 7.41. The summed E-state index contributed by atoms with van der Waals surface area (Å²) in [6.45, 7) is -0.728. The fourth-order valence-electron chi connectivity index (χ4n) is 3.80. The van der Waals surface area contributed by atoms with E-state index in [1.54, 1.807) is 0 Å². The van der Waals surface area contributed by atoms with Gasteiger partial charge in [-0.25, -0.2) is 0 Å². The van der Waals surface area contributed by atoms with E-state index in [0.29, 0.717) is 0 Å². The molecule has 1 aliphatic rings. The fraction of sp³-hybridized carbons (Fsp3) is 0.292. The summed E-state index contributed by atoms with van der Waals surface area (Å²) in [7, 11) is 0. The molecule has 1 fully saturated rings. The van der Waals surface area contributed by atoms with Crippen LogP contribution in [0.15, 0.2) is 45.6 Å². The van der Waals surface area contributed by atoms with Crippen molar-refractivity contribution in [3.63, 3.8) is 0 Å². The SMILES string of the molecule is O=C(O)CC(=O)OCC1OC(Oc2c(-c3ccc(O)cc3)oc3cc(O)cc(O)c3c2=O)C(O)C(O)C1O. The Morgan fingerprint density at radius 2 is 1.61 bits per heavy atom. The van der Waals surface area contributed by atoms with Gasteiger partial charge in [0.25, 0.3) is 0 Å². The zero-order chi connectivity index (χ0) is 27.7. The molecule has 0 saturated carbocycles. The number of carbonyl (C=O) groups excluding carboxylic acids is 1. The quantitative estimate of drug-likeness (QED) is 0.153. The zero-order valence-electron chi connectivity index (χ0n) is 19.3. The monoisotopic (exact) mass is 534 g/mol. The van der Waals surface area contributed by atoms with E-state index in [1.165, 1.54) is 24.3 Å². The summed E-state index contributed by atoms with van der Waals surface area (Å²) in [6.07, 6.45) is -9.97. The fourth-order valence-corrected chi connectivity index (χ4v) is 3.80. The molecule has 2 heterocycles. The van der Waals surface area contributed by atoms with Gasteiger partial charge in [-0.05, 0) is 24.3 Å². The second-order valence-electron chi connectivity index (χ2n) is 8.36. The lowest BCUT2D eigenvalue weighted by atomic mass is 9.99. The van der Waals surface area contributed by atoms with Crippen molar-refractivity contribution in [1.82, 2.24) is 0 Å². The summed E-state index contributed by atoms with van der Waals surface area (Å²) >= 11 is 0. The first kappa shape index (κ1) is 26.7. The third-order valence-corrected chi connectivity index (χ3v) is 5.65. The van der Waals surface area contributed by atoms with Crippen LogP contribution in [-0.4, -0.2) is 85.0 Å². The largest absolute Gasteiger partial charge is 0.508 e. The topological polar surface area (TPSA) is 234 Å². The van der Waals surface area contributed by atoms with Gasteiger partial charge in [0.15, 0.2) is 5.76 Å². The summed E-state index contributed by atoms with van der Waals surface area (Å²) < 4.78 is 21.5. The van der Waals surface area contributed by atoms with Crippen LogP contribution in [0.3, 0.4) is 0 Å². The smallest absolute Gasteiger partial charge is 0.317 e. The second-order valence-corrected chi connectivity index (χ2v) is 8.36. The van der Waals surface area contributed by atoms with Gasteiger partial charge in [-0.1, -0.05) is 0 Å². The van der Waals surface area contributed by atoms with E-state index < -0.39 is 83.7 Å². The molecular formula is C24H22O14. The molecule has 2 aromatic carbocycles. The molecule has 202 valence electrons. The molecule has 14 heteroatoms. The van der Waals surface area contributed by atoms with Crippen molar-refractivity contribution in [3.05, 3.63) is 46.6 Å². The van der Waals surface area contributed by atoms with Crippen LogP contribution in [-0.2, 0) is 19.1 Å². The number of rotatable bonds is 7. The van der Waals surface area contributed by atoms with Crippen molar-refractivity contribution in [2.75, 3.05) is 6.61 Å². The summed E-state index contributed by atoms with van der Waals surface area (Å²) in [6, 6.07) is 7.22. The standard InChI is InChI=1S/C24H22O14/c25-10-3-1-9(2-4-10)22-23(19(32)17-12(27)5-11(26)6-13(17)36-22)38-24-21(34)20(33)18(31)14(37-24)8-35-16(30)7-15(28)29/h1-6,14,18,20-21,24-27,31,33-34H,7-8H2,(H,28,29). The van der Waals surface area contributed by atoms with Gasteiger partial charge < -0.3 is 54.4 Å². The Morgan fingerprint density at radius 1 is 0.921 bits per heavy atom. The van der Waals surface area contributed by atoms with Crippen LogP contribution in [0, 0.1) is 0 Å². The maximum Gasteiger partial charge on any atom is 0.317 e. The Labute approximate surface area is 212 Å². The molecule has 0 spiro atoms. The number of carbonyl (C=O) groups is 2. The van der Waals surface area contributed by atoms with E-state index in [2.05, 4.69) is 0 Å². The molecule has 0 aliphatic carbocycles. The number of carboxylic acid groups (broad SMARTS) is 1. The van der Waals surface area contributed by atoms with Gasteiger partial charge in [-0.15, -0.1) is 0 Å². The maximum absolute atomic E-state index is 13.4. The van der Waals surface area contributed by atoms with Crippen LogP contribution in [0.4, 0.5) is 0 Å². The third-order valence-electron chi connectivity index (χ3n) is 5.65. The van der Waals surface area contributed by atoms with Crippen LogP contribution < -0.4 is 10.2 Å². The van der Waals surface area contributed by atoms with Crippen molar-refractivity contribution in [2.45, 2.75) is 37.1 Å². The van der Waals surface area contributed by atoms with E-state index in [9.17, 15) is 45.0 Å². The first-order valence-electron chi connectivity index (χ1n) is 11.0. The van der Waals surface area contributed by atoms with Gasteiger partial charge in [-0.3, -0.25) is 14.4 Å². The van der Waals surface area contributed by atoms with Gasteiger partial charge >= 0.3 is 11.9 Å². The number of aromatic hydroxyl groups is 3. The number of hydrogen-bond donors (Lipinski definition) is 7. The molecule has 14 nitrogen and oxygen atoms in total. The molecule has 0 bridgehead atoms. The number of phenolic OH excluding ortho intramolecular Hbond substituents is 3. The highest BCUT2D eigenvalue weighted by molar-refractivity contribution is 5.90. The maximum atomic E-state index is 13.4. The summed E-state index contributed by atoms with van der Waals surface area (Å²) in [4.78, 5) is 35.6. The molecule has 0 amide bonds. The van der Waals surface area contributed by atoms with Crippen molar-refractivity contribution >= 4 is 22.9 Å². The van der Waals surface area contributed by atoms with Crippen LogP contribution in [0.1, 0.15) is 6.42 Å². The van der Waals surface area contributed by atoms with Crippen molar-refractivity contribution in [3.8, 4) is 34.3 Å². The molecule has 4 rings (SSSR count). The molecule has 1 aliphatic heterocycles. The molecule has 5 unspecified atom stereocenters. The number of phenols is 3. The van der Waals surface area contributed by atoms with Gasteiger partial charge in [0.2, 0.25) is 17.5 Å². The van der Waals surface area contributed by atoms with Gasteiger partial charge in [0.05, 0.1) is 0 Å².